The van der Waals surface area contributed by atoms with Gasteiger partial charge in [0.15, 0.2) is 5.82 Å². The van der Waals surface area contributed by atoms with Gasteiger partial charge in [-0.15, -0.1) is 11.3 Å². The number of fused-ring (bicyclic) bond motifs is 3. The van der Waals surface area contributed by atoms with Gasteiger partial charge in [-0.25, -0.2) is 4.98 Å². The van der Waals surface area contributed by atoms with E-state index in [1.165, 1.54) is 33.0 Å². The molecular formula is C21H27N4OS+. The lowest BCUT2D eigenvalue weighted by Crippen LogP contribution is -3.09. The lowest BCUT2D eigenvalue weighted by molar-refractivity contribution is -0.926. The van der Waals surface area contributed by atoms with Gasteiger partial charge in [0.25, 0.3) is 5.56 Å². The zero-order valence-electron chi connectivity index (χ0n) is 16.3. The third kappa shape index (κ3) is 3.64. The lowest BCUT2D eigenvalue weighted by atomic mass is 10.2. The van der Waals surface area contributed by atoms with Gasteiger partial charge in [0, 0.05) is 30.2 Å². The van der Waals surface area contributed by atoms with Crippen LogP contribution in [0.3, 0.4) is 0 Å². The molecule has 0 saturated carbocycles. The van der Waals surface area contributed by atoms with Crippen molar-refractivity contribution in [3.8, 4) is 0 Å². The molecule has 1 atom stereocenters. The number of benzene rings is 1. The third-order valence-corrected chi connectivity index (χ3v) is 6.63. The maximum atomic E-state index is 12.6. The second kappa shape index (κ2) is 7.44. The van der Waals surface area contributed by atoms with E-state index in [-0.39, 0.29) is 5.56 Å². The van der Waals surface area contributed by atoms with E-state index in [1.807, 2.05) is 0 Å². The van der Waals surface area contributed by atoms with Crippen LogP contribution >= 0.6 is 11.3 Å². The lowest BCUT2D eigenvalue weighted by Gasteiger charge is -2.18. The SMILES string of the molecule is CC[NH+](Cc1ccc(N(C)C)cc1)Cc1nc2sc3c(c2c(=O)[nH]1)CCC3. The average molecular weight is 384 g/mol. The van der Waals surface area contributed by atoms with E-state index in [0.29, 0.717) is 0 Å². The Hall–Kier alpha value is -2.18. The summed E-state index contributed by atoms with van der Waals surface area (Å²) in [6.07, 6.45) is 3.29. The molecular weight excluding hydrogens is 356 g/mol. The molecule has 1 aliphatic carbocycles. The van der Waals surface area contributed by atoms with E-state index in [2.05, 4.69) is 55.2 Å². The molecule has 2 N–H and O–H groups in total. The maximum absolute atomic E-state index is 12.6. The molecule has 0 amide bonds. The van der Waals surface area contributed by atoms with Gasteiger partial charge in [-0.3, -0.25) is 4.79 Å². The molecule has 142 valence electrons. The molecule has 2 heterocycles. The van der Waals surface area contributed by atoms with E-state index in [0.717, 1.165) is 48.5 Å². The van der Waals surface area contributed by atoms with Crippen molar-refractivity contribution in [2.45, 2.75) is 39.3 Å². The first-order valence-corrected chi connectivity index (χ1v) is 10.5. The predicted molar refractivity (Wildman–Crippen MR) is 112 cm³/mol. The molecule has 0 bridgehead atoms. The van der Waals surface area contributed by atoms with Crippen molar-refractivity contribution >= 4 is 27.2 Å². The van der Waals surface area contributed by atoms with Crippen molar-refractivity contribution in [3.05, 3.63) is 56.4 Å². The van der Waals surface area contributed by atoms with E-state index in [4.69, 9.17) is 4.98 Å². The predicted octanol–water partition coefficient (Wildman–Crippen LogP) is 2.14. The molecule has 0 fully saturated rings. The molecule has 2 aromatic heterocycles. The molecule has 3 aromatic rings. The summed E-state index contributed by atoms with van der Waals surface area (Å²) in [4.78, 5) is 26.3. The van der Waals surface area contributed by atoms with Crippen LogP contribution < -0.4 is 15.4 Å². The highest BCUT2D eigenvalue weighted by Crippen LogP contribution is 2.34. The Balaban J connectivity index is 1.53. The highest BCUT2D eigenvalue weighted by molar-refractivity contribution is 7.18. The minimum Gasteiger partial charge on any atom is -0.378 e. The van der Waals surface area contributed by atoms with Crippen LogP contribution in [0.1, 0.15) is 35.2 Å². The van der Waals surface area contributed by atoms with E-state index in [9.17, 15) is 4.79 Å². The van der Waals surface area contributed by atoms with E-state index in [1.54, 1.807) is 11.3 Å². The fourth-order valence-corrected chi connectivity index (χ4v) is 5.16. The number of nitrogens with zero attached hydrogens (tertiary/aromatic N) is 2. The van der Waals surface area contributed by atoms with Crippen LogP contribution in [0.15, 0.2) is 29.1 Å². The van der Waals surface area contributed by atoms with Crippen molar-refractivity contribution in [2.24, 2.45) is 0 Å². The van der Waals surface area contributed by atoms with Crippen LogP contribution in [0.4, 0.5) is 5.69 Å². The fraction of sp³-hybridized carbons (Fsp3) is 0.429. The molecule has 4 rings (SSSR count). The third-order valence-electron chi connectivity index (χ3n) is 5.45. The Morgan fingerprint density at radius 3 is 2.67 bits per heavy atom. The molecule has 0 aliphatic heterocycles. The highest BCUT2D eigenvalue weighted by atomic mass is 32.1. The summed E-state index contributed by atoms with van der Waals surface area (Å²) in [5.74, 6) is 0.800. The number of rotatable bonds is 6. The fourth-order valence-electron chi connectivity index (χ4n) is 3.88. The van der Waals surface area contributed by atoms with Gasteiger partial charge >= 0.3 is 0 Å². The molecule has 5 nitrogen and oxygen atoms in total. The standard InChI is InChI=1S/C21H26N4OS/c1-4-25(12-14-8-10-15(11-9-14)24(2)3)13-18-22-20(26)19-16-6-5-7-17(16)27-21(19)23-18/h8-11H,4-7,12-13H2,1-3H3,(H,22,23,26)/p+1. The average Bonchev–Trinajstić information content (AvgIpc) is 3.22. The number of aromatic nitrogens is 2. The van der Waals surface area contributed by atoms with Gasteiger partial charge < -0.3 is 14.8 Å². The topological polar surface area (TPSA) is 53.4 Å². The first kappa shape index (κ1) is 18.2. The number of hydrogen-bond acceptors (Lipinski definition) is 4. The van der Waals surface area contributed by atoms with Gasteiger partial charge in [0.05, 0.1) is 11.9 Å². The van der Waals surface area contributed by atoms with Crippen molar-refractivity contribution in [3.63, 3.8) is 0 Å². The Morgan fingerprint density at radius 2 is 1.96 bits per heavy atom. The number of anilines is 1. The number of nitrogens with one attached hydrogen (secondary N) is 2. The maximum Gasteiger partial charge on any atom is 0.260 e. The molecule has 0 saturated heterocycles. The smallest absolute Gasteiger partial charge is 0.260 e. The van der Waals surface area contributed by atoms with Gasteiger partial charge in [0.2, 0.25) is 0 Å². The molecule has 0 radical (unpaired) electrons. The first-order chi connectivity index (χ1) is 13.0. The van der Waals surface area contributed by atoms with Gasteiger partial charge in [-0.1, -0.05) is 12.1 Å². The number of aryl methyl sites for hydroxylation is 2. The highest BCUT2D eigenvalue weighted by Gasteiger charge is 2.22. The van der Waals surface area contributed by atoms with Crippen LogP contribution in [0.25, 0.3) is 10.2 Å². The van der Waals surface area contributed by atoms with Crippen LogP contribution in [0.2, 0.25) is 0 Å². The largest absolute Gasteiger partial charge is 0.378 e. The summed E-state index contributed by atoms with van der Waals surface area (Å²) in [5, 5.41) is 0.841. The molecule has 1 aromatic carbocycles. The summed E-state index contributed by atoms with van der Waals surface area (Å²) in [5.41, 5.74) is 3.80. The van der Waals surface area contributed by atoms with Crippen molar-refractivity contribution in [1.82, 2.24) is 9.97 Å². The summed E-state index contributed by atoms with van der Waals surface area (Å²) < 4.78 is 0. The van der Waals surface area contributed by atoms with Crippen molar-refractivity contribution in [1.29, 1.82) is 0 Å². The van der Waals surface area contributed by atoms with Crippen LogP contribution in [-0.4, -0.2) is 30.6 Å². The molecule has 1 unspecified atom stereocenters. The number of hydrogen-bond donors (Lipinski definition) is 2. The van der Waals surface area contributed by atoms with Gasteiger partial charge in [-0.2, -0.15) is 0 Å². The van der Waals surface area contributed by atoms with Gasteiger partial charge in [-0.05, 0) is 43.9 Å². The monoisotopic (exact) mass is 383 g/mol. The van der Waals surface area contributed by atoms with Crippen molar-refractivity contribution in [2.75, 3.05) is 25.5 Å². The number of aromatic amines is 1. The normalized spacial score (nSPS) is 14.5. The van der Waals surface area contributed by atoms with Crippen molar-refractivity contribution < 1.29 is 4.90 Å². The minimum atomic E-state index is 0.0418. The summed E-state index contributed by atoms with van der Waals surface area (Å²) in [7, 11) is 4.11. The molecule has 0 spiro atoms. The van der Waals surface area contributed by atoms with Crippen LogP contribution in [-0.2, 0) is 25.9 Å². The first-order valence-electron chi connectivity index (χ1n) is 9.68. The number of thiophene rings is 1. The van der Waals surface area contributed by atoms with E-state index >= 15 is 0 Å². The molecule has 27 heavy (non-hydrogen) atoms. The quantitative estimate of drug-likeness (QED) is 0.686. The number of H-pyrrole nitrogens is 1. The zero-order valence-corrected chi connectivity index (χ0v) is 17.1. The molecule has 1 aliphatic rings. The Labute approximate surface area is 163 Å². The van der Waals surface area contributed by atoms with Crippen LogP contribution in [0, 0.1) is 0 Å². The van der Waals surface area contributed by atoms with E-state index < -0.39 is 0 Å². The Morgan fingerprint density at radius 1 is 1.19 bits per heavy atom. The Bertz CT molecular complexity index is 1000. The molecule has 6 heteroatoms. The minimum absolute atomic E-state index is 0.0418. The van der Waals surface area contributed by atoms with Crippen LogP contribution in [0.5, 0.6) is 0 Å². The summed E-state index contributed by atoms with van der Waals surface area (Å²) in [6.45, 7) is 4.82. The number of quaternary nitrogens is 1. The summed E-state index contributed by atoms with van der Waals surface area (Å²) >= 11 is 1.71. The second-order valence-electron chi connectivity index (χ2n) is 7.57. The van der Waals surface area contributed by atoms with Gasteiger partial charge in [0.1, 0.15) is 17.9 Å². The zero-order chi connectivity index (χ0) is 19.0. The Kier molecular flexibility index (Phi) is 5.02. The second-order valence-corrected chi connectivity index (χ2v) is 8.65. The summed E-state index contributed by atoms with van der Waals surface area (Å²) in [6, 6.07) is 8.69.